The number of nitrogens with one attached hydrogen (secondary N) is 1. The first-order valence-electron chi connectivity index (χ1n) is 11.4. The molecule has 1 aliphatic rings. The molecule has 0 aliphatic heterocycles. The van der Waals surface area contributed by atoms with E-state index < -0.39 is 6.10 Å². The second kappa shape index (κ2) is 9.72. The summed E-state index contributed by atoms with van der Waals surface area (Å²) in [5.74, 6) is 1.20. The zero-order valence-electron chi connectivity index (χ0n) is 19.2. The van der Waals surface area contributed by atoms with E-state index in [0.29, 0.717) is 36.0 Å². The molecule has 1 saturated carbocycles. The quantitative estimate of drug-likeness (QED) is 0.497. The van der Waals surface area contributed by atoms with Crippen molar-refractivity contribution in [2.75, 3.05) is 12.4 Å². The molecule has 3 aromatic rings. The number of anilines is 1. The Morgan fingerprint density at radius 2 is 1.88 bits per heavy atom. The molecule has 0 spiro atoms. The van der Waals surface area contributed by atoms with Crippen molar-refractivity contribution in [3.8, 4) is 5.75 Å². The third-order valence-corrected chi connectivity index (χ3v) is 6.97. The highest BCUT2D eigenvalue weighted by atomic mass is 79.9. The van der Waals surface area contributed by atoms with E-state index in [1.165, 1.54) is 9.13 Å². The smallest absolute Gasteiger partial charge is 0.332 e. The number of imidazole rings is 1. The highest BCUT2D eigenvalue weighted by Crippen LogP contribution is 2.28. The van der Waals surface area contributed by atoms with Gasteiger partial charge in [-0.1, -0.05) is 18.9 Å². The summed E-state index contributed by atoms with van der Waals surface area (Å²) in [5.41, 5.74) is 0.944. The van der Waals surface area contributed by atoms with Crippen LogP contribution in [0.5, 0.6) is 5.75 Å². The lowest BCUT2D eigenvalue weighted by molar-refractivity contribution is 0.116. The third kappa shape index (κ3) is 4.33. The van der Waals surface area contributed by atoms with Gasteiger partial charge in [-0.3, -0.25) is 18.5 Å². The number of nitrogens with zero attached hydrogens (tertiary/aromatic N) is 4. The first-order chi connectivity index (χ1) is 15.9. The summed E-state index contributed by atoms with van der Waals surface area (Å²) in [6, 6.07) is 5.58. The second-order valence-corrected chi connectivity index (χ2v) is 9.20. The molecule has 4 rings (SSSR count). The number of rotatable bonds is 7. The Labute approximate surface area is 200 Å². The number of halogens is 1. The average Bonchev–Trinajstić information content (AvgIpc) is 3.14. The molecule has 2 unspecified atom stereocenters. The second-order valence-electron chi connectivity index (χ2n) is 8.34. The molecule has 9 nitrogen and oxygen atoms in total. The Balaban J connectivity index is 1.91. The van der Waals surface area contributed by atoms with Crippen LogP contribution in [0.15, 0.2) is 32.3 Å². The maximum absolute atomic E-state index is 13.4. The van der Waals surface area contributed by atoms with Crippen molar-refractivity contribution in [3.05, 3.63) is 49.1 Å². The van der Waals surface area contributed by atoms with Gasteiger partial charge in [0.15, 0.2) is 11.2 Å². The summed E-state index contributed by atoms with van der Waals surface area (Å²) in [6.07, 6.45) is 3.07. The van der Waals surface area contributed by atoms with Crippen molar-refractivity contribution in [1.29, 1.82) is 0 Å². The number of ether oxygens (including phenoxy) is 1. The molecule has 10 heteroatoms. The monoisotopic (exact) mass is 519 g/mol. The highest BCUT2D eigenvalue weighted by Gasteiger charge is 2.27. The predicted octanol–water partition coefficient (Wildman–Crippen LogP) is 2.93. The maximum Gasteiger partial charge on any atom is 0.332 e. The van der Waals surface area contributed by atoms with E-state index in [9.17, 15) is 14.7 Å². The van der Waals surface area contributed by atoms with Gasteiger partial charge in [0.2, 0.25) is 5.95 Å². The van der Waals surface area contributed by atoms with Gasteiger partial charge in [0.25, 0.3) is 5.56 Å². The maximum atomic E-state index is 13.4. The average molecular weight is 520 g/mol. The van der Waals surface area contributed by atoms with Gasteiger partial charge in [0.05, 0.1) is 30.3 Å². The number of hydrogen-bond acceptors (Lipinski definition) is 6. The Bertz CT molecular complexity index is 1280. The van der Waals surface area contributed by atoms with Gasteiger partial charge in [-0.05, 0) is 60.3 Å². The minimum Gasteiger partial charge on any atom is -0.496 e. The molecule has 0 saturated heterocycles. The van der Waals surface area contributed by atoms with E-state index in [2.05, 4.69) is 21.2 Å². The summed E-state index contributed by atoms with van der Waals surface area (Å²) >= 11 is 3.53. The van der Waals surface area contributed by atoms with Crippen LogP contribution in [-0.2, 0) is 19.6 Å². The molecule has 0 bridgehead atoms. The Morgan fingerprint density at radius 3 is 2.52 bits per heavy atom. The molecule has 1 fully saturated rings. The SMILES string of the molecule is CCn1c(=O)c2c(nc(NC3CCCCC3O)n2Cc2ccc(OC)c(Br)c2)n(CC)c1=O. The van der Waals surface area contributed by atoms with Gasteiger partial charge in [-0.15, -0.1) is 0 Å². The van der Waals surface area contributed by atoms with Gasteiger partial charge in [-0.25, -0.2) is 4.79 Å². The van der Waals surface area contributed by atoms with Crippen LogP contribution in [-0.4, -0.2) is 43.0 Å². The number of aryl methyl sites for hydroxylation is 1. The normalized spacial score (nSPS) is 18.6. The van der Waals surface area contributed by atoms with Crippen molar-refractivity contribution >= 4 is 33.0 Å². The largest absolute Gasteiger partial charge is 0.496 e. The van der Waals surface area contributed by atoms with Crippen LogP contribution in [0.25, 0.3) is 11.2 Å². The Hall–Kier alpha value is -2.59. The van der Waals surface area contributed by atoms with Crippen molar-refractivity contribution in [3.63, 3.8) is 0 Å². The van der Waals surface area contributed by atoms with Crippen molar-refractivity contribution < 1.29 is 9.84 Å². The molecule has 1 aromatic carbocycles. The van der Waals surface area contributed by atoms with Crippen LogP contribution < -0.4 is 21.3 Å². The lowest BCUT2D eigenvalue weighted by Gasteiger charge is -2.28. The highest BCUT2D eigenvalue weighted by molar-refractivity contribution is 9.10. The van der Waals surface area contributed by atoms with Crippen molar-refractivity contribution in [1.82, 2.24) is 18.7 Å². The topological polar surface area (TPSA) is 103 Å². The molecule has 2 heterocycles. The molecular formula is C23H30BrN5O4. The van der Waals surface area contributed by atoms with Crippen molar-refractivity contribution in [2.45, 2.75) is 71.3 Å². The van der Waals surface area contributed by atoms with Crippen LogP contribution in [0.3, 0.4) is 0 Å². The van der Waals surface area contributed by atoms with Crippen LogP contribution in [0.4, 0.5) is 5.95 Å². The number of aliphatic hydroxyl groups excluding tert-OH is 1. The van der Waals surface area contributed by atoms with Crippen LogP contribution >= 0.6 is 15.9 Å². The van der Waals surface area contributed by atoms with Gasteiger partial charge >= 0.3 is 5.69 Å². The number of hydrogen-bond donors (Lipinski definition) is 2. The molecule has 2 aromatic heterocycles. The van der Waals surface area contributed by atoms with Crippen LogP contribution in [0, 0.1) is 0 Å². The lowest BCUT2D eigenvalue weighted by atomic mass is 9.93. The first kappa shape index (κ1) is 23.6. The molecule has 178 valence electrons. The van der Waals surface area contributed by atoms with Crippen LogP contribution in [0.1, 0.15) is 45.1 Å². The summed E-state index contributed by atoms with van der Waals surface area (Å²) in [5, 5.41) is 13.9. The zero-order chi connectivity index (χ0) is 23.7. The lowest BCUT2D eigenvalue weighted by Crippen LogP contribution is -2.40. The molecular weight excluding hydrogens is 490 g/mol. The third-order valence-electron chi connectivity index (χ3n) is 6.35. The van der Waals surface area contributed by atoms with E-state index in [4.69, 9.17) is 9.72 Å². The Kier molecular flexibility index (Phi) is 6.94. The van der Waals surface area contributed by atoms with Gasteiger partial charge in [0.1, 0.15) is 5.75 Å². The molecule has 0 amide bonds. The van der Waals surface area contributed by atoms with E-state index in [1.807, 2.05) is 29.7 Å². The minimum atomic E-state index is -0.484. The fourth-order valence-electron chi connectivity index (χ4n) is 4.55. The van der Waals surface area contributed by atoms with E-state index in [-0.39, 0.29) is 23.8 Å². The number of aromatic nitrogens is 4. The number of fused-ring (bicyclic) bond motifs is 1. The van der Waals surface area contributed by atoms with Crippen molar-refractivity contribution in [2.24, 2.45) is 0 Å². The summed E-state index contributed by atoms with van der Waals surface area (Å²) in [6.45, 7) is 4.69. The molecule has 2 N–H and O–H groups in total. The van der Waals surface area contributed by atoms with E-state index in [1.54, 1.807) is 14.0 Å². The number of aliphatic hydroxyl groups is 1. The fourth-order valence-corrected chi connectivity index (χ4v) is 5.14. The minimum absolute atomic E-state index is 0.160. The Morgan fingerprint density at radius 1 is 1.15 bits per heavy atom. The first-order valence-corrected chi connectivity index (χ1v) is 12.2. The summed E-state index contributed by atoms with van der Waals surface area (Å²) < 4.78 is 10.7. The predicted molar refractivity (Wildman–Crippen MR) is 131 cm³/mol. The van der Waals surface area contributed by atoms with Gasteiger partial charge < -0.3 is 15.2 Å². The molecule has 1 aliphatic carbocycles. The molecule has 0 radical (unpaired) electrons. The molecule has 33 heavy (non-hydrogen) atoms. The van der Waals surface area contributed by atoms with E-state index in [0.717, 1.165) is 35.7 Å². The molecule has 2 atom stereocenters. The van der Waals surface area contributed by atoms with Gasteiger partial charge in [0, 0.05) is 13.1 Å². The van der Waals surface area contributed by atoms with Crippen LogP contribution in [0.2, 0.25) is 0 Å². The number of methoxy groups -OCH3 is 1. The zero-order valence-corrected chi connectivity index (χ0v) is 20.8. The van der Waals surface area contributed by atoms with E-state index >= 15 is 0 Å². The standard InChI is InChI=1S/C23H30BrN5O4/c1-4-27-20-19(21(31)28(5-2)23(27)32)29(13-14-10-11-18(33-3)15(24)12-14)22(26-20)25-16-8-6-7-9-17(16)30/h10-12,16-17,30H,4-9,13H2,1-3H3,(H,25,26). The fraction of sp³-hybridized carbons (Fsp3) is 0.522. The number of benzene rings is 1. The summed E-state index contributed by atoms with van der Waals surface area (Å²) in [7, 11) is 1.61. The van der Waals surface area contributed by atoms with Gasteiger partial charge in [-0.2, -0.15) is 4.98 Å². The summed E-state index contributed by atoms with van der Waals surface area (Å²) in [4.78, 5) is 31.0.